The summed E-state index contributed by atoms with van der Waals surface area (Å²) >= 11 is 0. The fraction of sp³-hybridized carbons (Fsp3) is 0.933. The van der Waals surface area contributed by atoms with Crippen molar-refractivity contribution in [3.63, 3.8) is 0 Å². The summed E-state index contributed by atoms with van der Waals surface area (Å²) in [6.45, 7) is 2.61. The number of rotatable bonds is 4. The molecule has 4 fully saturated rings. The van der Waals surface area contributed by atoms with Crippen LogP contribution in [-0.2, 0) is 4.79 Å². The van der Waals surface area contributed by atoms with E-state index in [0.29, 0.717) is 12.6 Å². The van der Waals surface area contributed by atoms with Crippen LogP contribution in [0.2, 0.25) is 0 Å². The average Bonchev–Trinajstić information content (AvgIpc) is 2.33. The van der Waals surface area contributed by atoms with Gasteiger partial charge in [0.15, 0.2) is 0 Å². The topological polar surface area (TPSA) is 55.1 Å². The van der Waals surface area contributed by atoms with Crippen LogP contribution in [-0.4, -0.2) is 18.5 Å². The number of hydrogen-bond acceptors (Lipinski definition) is 2. The molecule has 0 radical (unpaired) electrons. The van der Waals surface area contributed by atoms with Gasteiger partial charge in [-0.2, -0.15) is 0 Å². The molecular formula is C15H26N2O. The van der Waals surface area contributed by atoms with E-state index in [9.17, 15) is 4.79 Å². The van der Waals surface area contributed by atoms with Crippen LogP contribution >= 0.6 is 0 Å². The summed E-state index contributed by atoms with van der Waals surface area (Å²) in [5.41, 5.74) is 5.54. The molecule has 1 atom stereocenters. The highest BCUT2D eigenvalue weighted by molar-refractivity contribution is 5.78. The Kier molecular flexibility index (Phi) is 3.35. The molecule has 0 saturated heterocycles. The first-order valence-corrected chi connectivity index (χ1v) is 7.67. The zero-order valence-corrected chi connectivity index (χ0v) is 11.4. The lowest BCUT2D eigenvalue weighted by atomic mass is 9.54. The zero-order chi connectivity index (χ0) is 12.7. The molecule has 4 bridgehead atoms. The number of nitrogens with one attached hydrogen (secondary N) is 1. The molecule has 0 aliphatic heterocycles. The highest BCUT2D eigenvalue weighted by atomic mass is 16.1. The lowest BCUT2D eigenvalue weighted by Gasteiger charge is -2.54. The molecule has 0 spiro atoms. The average molecular weight is 250 g/mol. The fourth-order valence-electron chi connectivity index (χ4n) is 4.85. The van der Waals surface area contributed by atoms with E-state index in [1.54, 1.807) is 0 Å². The standard InChI is InChI=1S/C15H26N2O/c1-9(2-3-16)15(18)17-14-12-5-10-4-11(7-12)8-13(14)6-10/h9-14H,2-8,16H2,1H3,(H,17,18). The van der Waals surface area contributed by atoms with Crippen LogP contribution in [0.1, 0.15) is 45.4 Å². The van der Waals surface area contributed by atoms with Crippen molar-refractivity contribution in [3.05, 3.63) is 0 Å². The Hall–Kier alpha value is -0.570. The third-order valence-electron chi connectivity index (χ3n) is 5.58. The van der Waals surface area contributed by atoms with Crippen LogP contribution in [0.15, 0.2) is 0 Å². The Morgan fingerprint density at radius 1 is 1.17 bits per heavy atom. The van der Waals surface area contributed by atoms with Crippen molar-refractivity contribution in [2.75, 3.05) is 6.54 Å². The van der Waals surface area contributed by atoms with Crippen LogP contribution in [0.5, 0.6) is 0 Å². The van der Waals surface area contributed by atoms with Crippen molar-refractivity contribution in [1.29, 1.82) is 0 Å². The van der Waals surface area contributed by atoms with E-state index in [2.05, 4.69) is 5.32 Å². The van der Waals surface area contributed by atoms with E-state index >= 15 is 0 Å². The van der Waals surface area contributed by atoms with Gasteiger partial charge in [0.2, 0.25) is 5.91 Å². The van der Waals surface area contributed by atoms with Crippen molar-refractivity contribution in [1.82, 2.24) is 5.32 Å². The number of carbonyl (C=O) groups is 1. The highest BCUT2D eigenvalue weighted by Crippen LogP contribution is 2.53. The molecule has 4 aliphatic carbocycles. The van der Waals surface area contributed by atoms with Crippen molar-refractivity contribution in [2.45, 2.75) is 51.5 Å². The zero-order valence-electron chi connectivity index (χ0n) is 11.4. The molecule has 1 amide bonds. The van der Waals surface area contributed by atoms with E-state index in [1.807, 2.05) is 6.92 Å². The molecule has 0 heterocycles. The van der Waals surface area contributed by atoms with Crippen molar-refractivity contribution in [3.8, 4) is 0 Å². The first-order valence-electron chi connectivity index (χ1n) is 7.67. The Morgan fingerprint density at radius 2 is 1.72 bits per heavy atom. The minimum atomic E-state index is 0.0761. The van der Waals surface area contributed by atoms with E-state index in [4.69, 9.17) is 5.73 Å². The largest absolute Gasteiger partial charge is 0.353 e. The lowest BCUT2D eigenvalue weighted by Crippen LogP contribution is -2.56. The van der Waals surface area contributed by atoms with Crippen LogP contribution in [0, 0.1) is 29.6 Å². The summed E-state index contributed by atoms with van der Waals surface area (Å²) in [6, 6.07) is 0.477. The van der Waals surface area contributed by atoms with E-state index < -0.39 is 0 Å². The van der Waals surface area contributed by atoms with Gasteiger partial charge in [0.05, 0.1) is 0 Å². The molecule has 4 rings (SSSR count). The maximum Gasteiger partial charge on any atom is 0.223 e. The van der Waals surface area contributed by atoms with E-state index in [-0.39, 0.29) is 11.8 Å². The Balaban J connectivity index is 1.61. The van der Waals surface area contributed by atoms with Gasteiger partial charge in [0.25, 0.3) is 0 Å². The maximum absolute atomic E-state index is 12.2. The third kappa shape index (κ3) is 2.18. The molecule has 0 aromatic rings. The van der Waals surface area contributed by atoms with Crippen LogP contribution in [0.4, 0.5) is 0 Å². The van der Waals surface area contributed by atoms with Gasteiger partial charge in [0.1, 0.15) is 0 Å². The van der Waals surface area contributed by atoms with Gasteiger partial charge in [-0.15, -0.1) is 0 Å². The molecule has 102 valence electrons. The minimum Gasteiger partial charge on any atom is -0.353 e. The van der Waals surface area contributed by atoms with Crippen molar-refractivity contribution in [2.24, 2.45) is 35.3 Å². The van der Waals surface area contributed by atoms with Gasteiger partial charge in [-0.1, -0.05) is 6.92 Å². The molecule has 4 aliphatic rings. The predicted molar refractivity (Wildman–Crippen MR) is 71.8 cm³/mol. The second-order valence-corrected chi connectivity index (χ2v) is 6.94. The third-order valence-corrected chi connectivity index (χ3v) is 5.58. The smallest absolute Gasteiger partial charge is 0.223 e. The monoisotopic (exact) mass is 250 g/mol. The summed E-state index contributed by atoms with van der Waals surface area (Å²) in [5.74, 6) is 3.81. The summed E-state index contributed by atoms with van der Waals surface area (Å²) < 4.78 is 0. The maximum atomic E-state index is 12.2. The fourth-order valence-corrected chi connectivity index (χ4v) is 4.85. The van der Waals surface area contributed by atoms with Gasteiger partial charge in [-0.3, -0.25) is 4.79 Å². The molecule has 0 aromatic heterocycles. The SMILES string of the molecule is CC(CCN)C(=O)NC1C2CC3CC(C2)CC1C3. The number of amides is 1. The predicted octanol–water partition coefficient (Wildman–Crippen LogP) is 1.91. The molecule has 18 heavy (non-hydrogen) atoms. The van der Waals surface area contributed by atoms with E-state index in [1.165, 1.54) is 32.1 Å². The van der Waals surface area contributed by atoms with Gasteiger partial charge < -0.3 is 11.1 Å². The van der Waals surface area contributed by atoms with Crippen LogP contribution < -0.4 is 11.1 Å². The van der Waals surface area contributed by atoms with Crippen molar-refractivity contribution < 1.29 is 4.79 Å². The number of nitrogens with two attached hydrogens (primary N) is 1. The van der Waals surface area contributed by atoms with Crippen LogP contribution in [0.3, 0.4) is 0 Å². The Bertz CT molecular complexity index is 300. The molecule has 0 aromatic carbocycles. The Morgan fingerprint density at radius 3 is 2.22 bits per heavy atom. The molecule has 4 saturated carbocycles. The second kappa shape index (κ2) is 4.84. The summed E-state index contributed by atoms with van der Waals surface area (Å²) in [4.78, 5) is 12.2. The van der Waals surface area contributed by atoms with E-state index in [0.717, 1.165) is 30.1 Å². The number of carbonyl (C=O) groups excluding carboxylic acids is 1. The second-order valence-electron chi connectivity index (χ2n) is 6.94. The van der Waals surface area contributed by atoms with Crippen LogP contribution in [0.25, 0.3) is 0 Å². The minimum absolute atomic E-state index is 0.0761. The number of hydrogen-bond donors (Lipinski definition) is 2. The van der Waals surface area contributed by atoms with Gasteiger partial charge in [0, 0.05) is 12.0 Å². The van der Waals surface area contributed by atoms with Gasteiger partial charge in [-0.25, -0.2) is 0 Å². The van der Waals surface area contributed by atoms with Crippen molar-refractivity contribution >= 4 is 5.91 Å². The Labute approximate surface area is 110 Å². The highest BCUT2D eigenvalue weighted by Gasteiger charge is 2.48. The molecule has 3 nitrogen and oxygen atoms in total. The summed E-state index contributed by atoms with van der Waals surface area (Å²) in [6.07, 6.45) is 7.73. The first kappa shape index (κ1) is 12.5. The molecular weight excluding hydrogens is 224 g/mol. The first-order chi connectivity index (χ1) is 8.67. The normalized spacial score (nSPS) is 42.9. The van der Waals surface area contributed by atoms with Gasteiger partial charge >= 0.3 is 0 Å². The molecule has 1 unspecified atom stereocenters. The van der Waals surface area contributed by atoms with Gasteiger partial charge in [-0.05, 0) is 68.7 Å². The quantitative estimate of drug-likeness (QED) is 0.801. The summed E-state index contributed by atoms with van der Waals surface area (Å²) in [7, 11) is 0. The summed E-state index contributed by atoms with van der Waals surface area (Å²) in [5, 5.41) is 3.35. The molecule has 3 N–H and O–H groups in total. The molecule has 3 heteroatoms. The lowest BCUT2D eigenvalue weighted by molar-refractivity contribution is -0.128.